The van der Waals surface area contributed by atoms with Gasteiger partial charge in [-0.15, -0.1) is 0 Å². The van der Waals surface area contributed by atoms with Gasteiger partial charge in [-0.2, -0.15) is 0 Å². The van der Waals surface area contributed by atoms with E-state index >= 15 is 0 Å². The fraction of sp³-hybridized carbons (Fsp3) is 0.364. The molecule has 0 radical (unpaired) electrons. The van der Waals surface area contributed by atoms with Gasteiger partial charge in [-0.05, 0) is 24.3 Å². The van der Waals surface area contributed by atoms with E-state index in [9.17, 15) is 29.8 Å². The van der Waals surface area contributed by atoms with Gasteiger partial charge in [0.2, 0.25) is 0 Å². The van der Waals surface area contributed by atoms with E-state index in [-0.39, 0.29) is 22.5 Å². The van der Waals surface area contributed by atoms with Gasteiger partial charge < -0.3 is 19.3 Å². The van der Waals surface area contributed by atoms with E-state index in [0.717, 1.165) is 0 Å². The Hall–Kier alpha value is -3.20. The Morgan fingerprint density at radius 1 is 0.694 bits per heavy atom. The van der Waals surface area contributed by atoms with Gasteiger partial charge in [0.1, 0.15) is 11.1 Å². The van der Waals surface area contributed by atoms with Gasteiger partial charge in [0.15, 0.2) is 0 Å². The zero-order valence-corrected chi connectivity index (χ0v) is 20.6. The van der Waals surface area contributed by atoms with E-state index in [4.69, 9.17) is 9.47 Å². The monoisotopic (exact) mass is 534 g/mol. The van der Waals surface area contributed by atoms with Crippen molar-refractivity contribution in [1.82, 2.24) is 9.80 Å². The zero-order valence-electron chi connectivity index (χ0n) is 19.0. The van der Waals surface area contributed by atoms with Crippen LogP contribution in [0.3, 0.4) is 0 Å². The molecule has 2 aromatic rings. The maximum Gasteiger partial charge on any atom is 0.282 e. The van der Waals surface area contributed by atoms with Crippen molar-refractivity contribution in [3.8, 4) is 0 Å². The summed E-state index contributed by atoms with van der Waals surface area (Å²) < 4.78 is 10.5. The summed E-state index contributed by atoms with van der Waals surface area (Å²) in [6.45, 7) is 2.89. The maximum absolute atomic E-state index is 13.0. The van der Waals surface area contributed by atoms with Crippen LogP contribution in [0.4, 0.5) is 11.4 Å². The number of carbonyl (C=O) groups is 2. The molecule has 0 spiro atoms. The minimum Gasteiger partial charge on any atom is -0.378 e. The molecule has 0 bridgehead atoms. The molecule has 190 valence electrons. The third kappa shape index (κ3) is 5.95. The number of amides is 2. The molecule has 2 aliphatic rings. The Kier molecular flexibility index (Phi) is 8.40. The van der Waals surface area contributed by atoms with E-state index < -0.39 is 21.7 Å². The largest absolute Gasteiger partial charge is 0.378 e. The highest BCUT2D eigenvalue weighted by Crippen LogP contribution is 2.40. The second-order valence-electron chi connectivity index (χ2n) is 7.85. The predicted octanol–water partition coefficient (Wildman–Crippen LogP) is 3.25. The summed E-state index contributed by atoms with van der Waals surface area (Å²) >= 11 is 0. The van der Waals surface area contributed by atoms with Crippen LogP contribution in [0.15, 0.2) is 46.2 Å². The summed E-state index contributed by atoms with van der Waals surface area (Å²) in [7, 11) is 2.45. The SMILES string of the molecule is O=C(c1cc(SSc2ccc([N+](=O)[O-])c(C(=O)N3CCOCC3)c2)ccc1[N+](=O)[O-])N1CCOCC1. The first-order valence-electron chi connectivity index (χ1n) is 11.0. The summed E-state index contributed by atoms with van der Waals surface area (Å²) in [5.41, 5.74) is -0.595. The van der Waals surface area contributed by atoms with Crippen molar-refractivity contribution in [2.45, 2.75) is 9.79 Å². The molecule has 0 unspecified atom stereocenters. The Balaban J connectivity index is 1.55. The normalized spacial score (nSPS) is 16.0. The smallest absolute Gasteiger partial charge is 0.282 e. The van der Waals surface area contributed by atoms with Crippen LogP contribution in [0.25, 0.3) is 0 Å². The molecular weight excluding hydrogens is 512 g/mol. The number of benzene rings is 2. The van der Waals surface area contributed by atoms with Gasteiger partial charge in [0, 0.05) is 48.1 Å². The summed E-state index contributed by atoms with van der Waals surface area (Å²) in [6, 6.07) is 8.60. The van der Waals surface area contributed by atoms with E-state index in [0.29, 0.717) is 62.4 Å². The number of nitro groups is 2. The van der Waals surface area contributed by atoms with Gasteiger partial charge in [0.25, 0.3) is 23.2 Å². The topological polar surface area (TPSA) is 145 Å². The Morgan fingerprint density at radius 2 is 1.06 bits per heavy atom. The van der Waals surface area contributed by atoms with Crippen LogP contribution >= 0.6 is 21.6 Å². The average molecular weight is 535 g/mol. The third-order valence-electron chi connectivity index (χ3n) is 5.62. The second-order valence-corrected chi connectivity index (χ2v) is 10.1. The first-order valence-corrected chi connectivity index (χ1v) is 13.2. The molecule has 2 aromatic carbocycles. The lowest BCUT2D eigenvalue weighted by Gasteiger charge is -2.27. The second kappa shape index (κ2) is 11.7. The molecule has 0 N–H and O–H groups in total. The summed E-state index contributed by atoms with van der Waals surface area (Å²) in [5, 5.41) is 23.0. The number of ether oxygens (including phenoxy) is 2. The lowest BCUT2D eigenvalue weighted by molar-refractivity contribution is -0.385. The molecule has 2 saturated heterocycles. The average Bonchev–Trinajstić information content (AvgIpc) is 2.91. The van der Waals surface area contributed by atoms with E-state index in [1.54, 1.807) is 0 Å². The highest BCUT2D eigenvalue weighted by Gasteiger charge is 2.28. The summed E-state index contributed by atoms with van der Waals surface area (Å²) in [6.07, 6.45) is 0. The van der Waals surface area contributed by atoms with Crippen LogP contribution in [0, 0.1) is 20.2 Å². The Bertz CT molecular complexity index is 1090. The fourth-order valence-electron chi connectivity index (χ4n) is 3.76. The molecule has 0 aromatic heterocycles. The van der Waals surface area contributed by atoms with Crippen LogP contribution in [-0.4, -0.2) is 84.1 Å². The first-order chi connectivity index (χ1) is 17.3. The summed E-state index contributed by atoms with van der Waals surface area (Å²) in [5.74, 6) is -0.877. The quantitative estimate of drug-likeness (QED) is 0.295. The molecular formula is C22H22N4O8S2. The maximum atomic E-state index is 13.0. The summed E-state index contributed by atoms with van der Waals surface area (Å²) in [4.78, 5) is 52.0. The Morgan fingerprint density at radius 3 is 1.39 bits per heavy atom. The third-order valence-corrected chi connectivity index (χ3v) is 8.00. The molecule has 2 heterocycles. The number of rotatable bonds is 7. The number of hydrogen-bond acceptors (Lipinski definition) is 10. The highest BCUT2D eigenvalue weighted by atomic mass is 33.1. The van der Waals surface area contributed by atoms with Gasteiger partial charge in [0.05, 0.1) is 36.3 Å². The Labute approximate surface area is 213 Å². The van der Waals surface area contributed by atoms with Crippen molar-refractivity contribution in [1.29, 1.82) is 0 Å². The van der Waals surface area contributed by atoms with Crippen molar-refractivity contribution in [2.75, 3.05) is 52.6 Å². The zero-order chi connectivity index (χ0) is 25.7. The van der Waals surface area contributed by atoms with Crippen molar-refractivity contribution in [2.24, 2.45) is 0 Å². The minimum atomic E-state index is -0.588. The lowest BCUT2D eigenvalue weighted by Crippen LogP contribution is -2.40. The number of hydrogen-bond donors (Lipinski definition) is 0. The van der Waals surface area contributed by atoms with Gasteiger partial charge >= 0.3 is 0 Å². The minimum absolute atomic E-state index is 0.0145. The van der Waals surface area contributed by atoms with Gasteiger partial charge in [-0.3, -0.25) is 29.8 Å². The molecule has 0 aliphatic carbocycles. The molecule has 2 fully saturated rings. The van der Waals surface area contributed by atoms with Crippen molar-refractivity contribution in [3.05, 3.63) is 67.8 Å². The predicted molar refractivity (Wildman–Crippen MR) is 131 cm³/mol. The molecule has 4 rings (SSSR count). The van der Waals surface area contributed by atoms with Crippen LogP contribution in [0.5, 0.6) is 0 Å². The molecule has 0 saturated carbocycles. The number of nitro benzene ring substituents is 2. The molecule has 36 heavy (non-hydrogen) atoms. The lowest BCUT2D eigenvalue weighted by atomic mass is 10.1. The van der Waals surface area contributed by atoms with E-state index in [2.05, 4.69) is 0 Å². The number of carbonyl (C=O) groups excluding carboxylic acids is 2. The standard InChI is InChI=1S/C22H22N4O8S2/c27-21(23-5-9-33-10-6-23)17-13-15(1-3-19(17)25(29)30)35-36-16-2-4-20(26(31)32)18(14-16)22(28)24-7-11-34-12-8-24/h1-4,13-14H,5-12H2. The van der Waals surface area contributed by atoms with Crippen LogP contribution in [0.2, 0.25) is 0 Å². The van der Waals surface area contributed by atoms with Crippen LogP contribution in [-0.2, 0) is 9.47 Å². The van der Waals surface area contributed by atoms with E-state index in [1.165, 1.54) is 67.8 Å². The molecule has 14 heteroatoms. The molecule has 0 atom stereocenters. The molecule has 12 nitrogen and oxygen atoms in total. The number of nitrogens with zero attached hydrogens (tertiary/aromatic N) is 4. The van der Waals surface area contributed by atoms with Gasteiger partial charge in [-0.25, -0.2) is 0 Å². The highest BCUT2D eigenvalue weighted by molar-refractivity contribution is 8.76. The van der Waals surface area contributed by atoms with Crippen molar-refractivity contribution in [3.63, 3.8) is 0 Å². The molecule has 2 amide bonds. The van der Waals surface area contributed by atoms with Crippen LogP contribution < -0.4 is 0 Å². The fourth-order valence-corrected chi connectivity index (χ4v) is 5.74. The van der Waals surface area contributed by atoms with E-state index in [1.807, 2.05) is 0 Å². The first kappa shape index (κ1) is 25.9. The number of morpholine rings is 2. The molecule has 2 aliphatic heterocycles. The van der Waals surface area contributed by atoms with Crippen LogP contribution in [0.1, 0.15) is 20.7 Å². The van der Waals surface area contributed by atoms with Crippen molar-refractivity contribution < 1.29 is 28.9 Å². The van der Waals surface area contributed by atoms with Crippen molar-refractivity contribution >= 4 is 44.8 Å². The van der Waals surface area contributed by atoms with Gasteiger partial charge in [-0.1, -0.05) is 21.6 Å².